The molecule has 32 heavy (non-hydrogen) atoms. The maximum atomic E-state index is 12.6. The summed E-state index contributed by atoms with van der Waals surface area (Å²) in [5.41, 5.74) is 3.07. The fourth-order valence-electron chi connectivity index (χ4n) is 2.95. The molecule has 3 aromatic rings. The maximum absolute atomic E-state index is 12.6. The predicted molar refractivity (Wildman–Crippen MR) is 127 cm³/mol. The SMILES string of the molecule is Cc1ccc(C(=O)Oc2ccc(Br)cc2/C=C2N=C(/C=C/c3ccccc3)OC/2=O)cc1. The van der Waals surface area contributed by atoms with Crippen molar-refractivity contribution in [3.8, 4) is 5.75 Å². The fourth-order valence-corrected chi connectivity index (χ4v) is 3.33. The van der Waals surface area contributed by atoms with E-state index in [2.05, 4.69) is 20.9 Å². The molecule has 0 fully saturated rings. The lowest BCUT2D eigenvalue weighted by molar-refractivity contribution is -0.129. The van der Waals surface area contributed by atoms with Crippen LogP contribution in [0.5, 0.6) is 5.75 Å². The van der Waals surface area contributed by atoms with Crippen molar-refractivity contribution >= 4 is 45.9 Å². The largest absolute Gasteiger partial charge is 0.422 e. The number of nitrogens with zero attached hydrogens (tertiary/aromatic N) is 1. The number of aryl methyl sites for hydroxylation is 1. The number of benzene rings is 3. The summed E-state index contributed by atoms with van der Waals surface area (Å²) in [6.45, 7) is 1.94. The van der Waals surface area contributed by atoms with Gasteiger partial charge >= 0.3 is 11.9 Å². The smallest absolute Gasteiger partial charge is 0.363 e. The Morgan fingerprint density at radius 1 is 1.00 bits per heavy atom. The second-order valence-electron chi connectivity index (χ2n) is 7.05. The van der Waals surface area contributed by atoms with Crippen LogP contribution < -0.4 is 4.74 Å². The van der Waals surface area contributed by atoms with Gasteiger partial charge in [0.05, 0.1) is 5.56 Å². The Morgan fingerprint density at radius 2 is 1.75 bits per heavy atom. The molecule has 0 saturated carbocycles. The summed E-state index contributed by atoms with van der Waals surface area (Å²) < 4.78 is 11.6. The number of ether oxygens (including phenoxy) is 2. The van der Waals surface area contributed by atoms with E-state index in [1.165, 1.54) is 6.08 Å². The molecule has 3 aromatic carbocycles. The average Bonchev–Trinajstić information content (AvgIpc) is 3.14. The van der Waals surface area contributed by atoms with Crippen molar-refractivity contribution in [3.63, 3.8) is 0 Å². The molecule has 0 amide bonds. The van der Waals surface area contributed by atoms with Crippen molar-refractivity contribution in [2.45, 2.75) is 6.92 Å². The number of carbonyl (C=O) groups excluding carboxylic acids is 2. The first-order valence-electron chi connectivity index (χ1n) is 9.82. The fraction of sp³-hybridized carbons (Fsp3) is 0.0385. The summed E-state index contributed by atoms with van der Waals surface area (Å²) in [6, 6.07) is 21.9. The Bertz CT molecular complexity index is 1260. The first-order valence-corrected chi connectivity index (χ1v) is 10.6. The lowest BCUT2D eigenvalue weighted by Gasteiger charge is -2.08. The molecule has 0 unspecified atom stereocenters. The zero-order valence-electron chi connectivity index (χ0n) is 17.1. The van der Waals surface area contributed by atoms with Crippen LogP contribution in [-0.2, 0) is 9.53 Å². The molecule has 1 aliphatic heterocycles. The van der Waals surface area contributed by atoms with E-state index in [1.807, 2.05) is 55.5 Å². The van der Waals surface area contributed by atoms with E-state index in [1.54, 1.807) is 36.4 Å². The van der Waals surface area contributed by atoms with Crippen LogP contribution in [0.25, 0.3) is 12.2 Å². The summed E-state index contributed by atoms with van der Waals surface area (Å²) >= 11 is 3.41. The van der Waals surface area contributed by atoms with Gasteiger partial charge in [0.2, 0.25) is 5.90 Å². The quantitative estimate of drug-likeness (QED) is 0.252. The molecule has 0 atom stereocenters. The molecule has 6 heteroatoms. The van der Waals surface area contributed by atoms with Crippen molar-refractivity contribution in [3.05, 3.63) is 111 Å². The molecule has 1 heterocycles. The van der Waals surface area contributed by atoms with Gasteiger partial charge in [-0.05, 0) is 55.0 Å². The third-order valence-electron chi connectivity index (χ3n) is 4.61. The van der Waals surface area contributed by atoms with Gasteiger partial charge in [-0.25, -0.2) is 14.6 Å². The van der Waals surface area contributed by atoms with E-state index in [9.17, 15) is 9.59 Å². The molecule has 0 aromatic heterocycles. The minimum atomic E-state index is -0.575. The number of hydrogen-bond donors (Lipinski definition) is 0. The Morgan fingerprint density at radius 3 is 2.50 bits per heavy atom. The summed E-state index contributed by atoms with van der Waals surface area (Å²) in [6.07, 6.45) is 4.98. The Balaban J connectivity index is 1.59. The molecular formula is C26H18BrNO4. The molecule has 5 nitrogen and oxygen atoms in total. The van der Waals surface area contributed by atoms with Crippen LogP contribution in [0.4, 0.5) is 0 Å². The van der Waals surface area contributed by atoms with Crippen LogP contribution in [0.3, 0.4) is 0 Å². The number of cyclic esters (lactones) is 1. The second-order valence-corrected chi connectivity index (χ2v) is 7.97. The summed E-state index contributed by atoms with van der Waals surface area (Å²) in [7, 11) is 0. The Labute approximate surface area is 193 Å². The molecule has 4 rings (SSSR count). The van der Waals surface area contributed by atoms with Crippen LogP contribution in [-0.4, -0.2) is 17.8 Å². The Hall–Kier alpha value is -3.77. The van der Waals surface area contributed by atoms with Crippen LogP contribution in [0.1, 0.15) is 27.0 Å². The monoisotopic (exact) mass is 487 g/mol. The highest BCUT2D eigenvalue weighted by Gasteiger charge is 2.22. The molecule has 0 spiro atoms. The normalized spacial score (nSPS) is 14.5. The van der Waals surface area contributed by atoms with Gasteiger partial charge in [0.15, 0.2) is 5.70 Å². The number of esters is 2. The van der Waals surface area contributed by atoms with Crippen molar-refractivity contribution < 1.29 is 19.1 Å². The Kier molecular flexibility index (Phi) is 6.42. The minimum absolute atomic E-state index is 0.114. The molecule has 0 aliphatic carbocycles. The zero-order valence-corrected chi connectivity index (χ0v) is 18.7. The average molecular weight is 488 g/mol. The van der Waals surface area contributed by atoms with Crippen LogP contribution in [0.2, 0.25) is 0 Å². The third-order valence-corrected chi connectivity index (χ3v) is 5.10. The van der Waals surface area contributed by atoms with Gasteiger partial charge in [0, 0.05) is 16.1 Å². The van der Waals surface area contributed by atoms with Crippen molar-refractivity contribution in [2.75, 3.05) is 0 Å². The van der Waals surface area contributed by atoms with E-state index in [-0.39, 0.29) is 11.6 Å². The number of hydrogen-bond acceptors (Lipinski definition) is 5. The van der Waals surface area contributed by atoms with Crippen molar-refractivity contribution in [2.24, 2.45) is 4.99 Å². The first-order chi connectivity index (χ1) is 15.5. The molecule has 0 N–H and O–H groups in total. The van der Waals surface area contributed by atoms with E-state index in [4.69, 9.17) is 9.47 Å². The molecular weight excluding hydrogens is 470 g/mol. The molecule has 0 bridgehead atoms. The maximum Gasteiger partial charge on any atom is 0.363 e. The van der Waals surface area contributed by atoms with Crippen LogP contribution in [0.15, 0.2) is 94.0 Å². The van der Waals surface area contributed by atoms with Gasteiger partial charge in [-0.15, -0.1) is 0 Å². The summed E-state index contributed by atoms with van der Waals surface area (Å²) in [4.78, 5) is 29.1. The number of carbonyl (C=O) groups is 2. The van der Waals surface area contributed by atoms with Crippen LogP contribution >= 0.6 is 15.9 Å². The molecule has 1 aliphatic rings. The standard InChI is InChI=1S/C26H18BrNO4/c1-17-7-10-19(11-8-17)25(29)31-23-13-12-21(27)15-20(23)16-22-26(30)32-24(28-22)14-9-18-5-3-2-4-6-18/h2-16H,1H3/b14-9+,22-16+. The second kappa shape index (κ2) is 9.58. The lowest BCUT2D eigenvalue weighted by atomic mass is 10.1. The van der Waals surface area contributed by atoms with Gasteiger partial charge in [-0.1, -0.05) is 64.0 Å². The zero-order chi connectivity index (χ0) is 22.5. The molecule has 0 saturated heterocycles. The third kappa shape index (κ3) is 5.28. The molecule has 158 valence electrons. The minimum Gasteiger partial charge on any atom is -0.422 e. The van der Waals surface area contributed by atoms with Gasteiger partial charge in [0.1, 0.15) is 5.75 Å². The number of aliphatic imine (C=N–C) groups is 1. The predicted octanol–water partition coefficient (Wildman–Crippen LogP) is 5.99. The van der Waals surface area contributed by atoms with Crippen LogP contribution in [0, 0.1) is 6.92 Å². The summed E-state index contributed by atoms with van der Waals surface area (Å²) in [5, 5.41) is 0. The topological polar surface area (TPSA) is 65.0 Å². The van der Waals surface area contributed by atoms with E-state index in [0.29, 0.717) is 16.9 Å². The highest BCUT2D eigenvalue weighted by molar-refractivity contribution is 9.10. The van der Waals surface area contributed by atoms with E-state index >= 15 is 0 Å². The first kappa shape index (κ1) is 21.5. The summed E-state index contributed by atoms with van der Waals surface area (Å²) in [5.74, 6) is -0.565. The van der Waals surface area contributed by atoms with E-state index < -0.39 is 11.9 Å². The van der Waals surface area contributed by atoms with Gasteiger partial charge in [-0.2, -0.15) is 0 Å². The van der Waals surface area contributed by atoms with Gasteiger partial charge in [0.25, 0.3) is 0 Å². The number of halogens is 1. The molecule has 0 radical (unpaired) electrons. The highest BCUT2D eigenvalue weighted by atomic mass is 79.9. The van der Waals surface area contributed by atoms with Crippen molar-refractivity contribution in [1.82, 2.24) is 0 Å². The van der Waals surface area contributed by atoms with Gasteiger partial charge < -0.3 is 9.47 Å². The van der Waals surface area contributed by atoms with Gasteiger partial charge in [-0.3, -0.25) is 0 Å². The highest BCUT2D eigenvalue weighted by Crippen LogP contribution is 2.28. The lowest BCUT2D eigenvalue weighted by Crippen LogP contribution is -2.09. The van der Waals surface area contributed by atoms with E-state index in [0.717, 1.165) is 15.6 Å². The van der Waals surface area contributed by atoms with Crippen molar-refractivity contribution in [1.29, 1.82) is 0 Å². The number of rotatable bonds is 5.